The van der Waals surface area contributed by atoms with Crippen LogP contribution in [0.25, 0.3) is 0 Å². The van der Waals surface area contributed by atoms with Crippen molar-refractivity contribution < 1.29 is 14.1 Å². The molecule has 0 heterocycles. The zero-order valence-corrected chi connectivity index (χ0v) is 11.7. The predicted octanol–water partition coefficient (Wildman–Crippen LogP) is 2.73. The molecule has 1 rings (SSSR count). The fourth-order valence-electron chi connectivity index (χ4n) is 1.46. The molecule has 1 aromatic carbocycles. The fourth-order valence-corrected chi connectivity index (χ4v) is 1.99. The minimum atomic E-state index is -0.677. The maximum atomic E-state index is 13.1. The molecule has 0 spiro atoms. The van der Waals surface area contributed by atoms with Crippen LogP contribution in [-0.4, -0.2) is 25.1 Å². The molecule has 0 aromatic heterocycles. The third kappa shape index (κ3) is 3.92. The van der Waals surface area contributed by atoms with Gasteiger partial charge in [-0.15, -0.1) is 0 Å². The number of rotatable bonds is 6. The monoisotopic (exact) mass is 320 g/mol. The first-order valence-electron chi connectivity index (χ1n) is 5.36. The van der Waals surface area contributed by atoms with E-state index < -0.39 is 10.7 Å². The smallest absolute Gasteiger partial charge is 0.315 e. The molecule has 0 amide bonds. The van der Waals surface area contributed by atoms with Crippen molar-refractivity contribution in [3.05, 3.63) is 32.5 Å². The quantitative estimate of drug-likeness (QED) is 0.646. The molecule has 1 N–H and O–H groups in total. The minimum absolute atomic E-state index is 0.0596. The number of halogens is 2. The van der Waals surface area contributed by atoms with Gasteiger partial charge in [-0.05, 0) is 29.0 Å². The summed E-state index contributed by atoms with van der Waals surface area (Å²) in [4.78, 5) is 10.2. The molecule has 0 fully saturated rings. The van der Waals surface area contributed by atoms with Crippen LogP contribution in [0.3, 0.4) is 0 Å². The molecule has 1 aromatic rings. The second-order valence-corrected chi connectivity index (χ2v) is 4.82. The summed E-state index contributed by atoms with van der Waals surface area (Å²) in [6, 6.07) is 1.99. The van der Waals surface area contributed by atoms with Crippen LogP contribution in [0, 0.1) is 21.8 Å². The Morgan fingerprint density at radius 1 is 1.61 bits per heavy atom. The summed E-state index contributed by atoms with van der Waals surface area (Å²) < 4.78 is 18.7. The van der Waals surface area contributed by atoms with E-state index in [2.05, 4.69) is 21.2 Å². The highest BCUT2D eigenvalue weighted by Gasteiger charge is 2.21. The number of hydrogen-bond donors (Lipinski definition) is 1. The van der Waals surface area contributed by atoms with Crippen LogP contribution >= 0.6 is 15.9 Å². The lowest BCUT2D eigenvalue weighted by Crippen LogP contribution is -2.22. The van der Waals surface area contributed by atoms with Crippen molar-refractivity contribution in [3.8, 4) is 5.75 Å². The van der Waals surface area contributed by atoms with Gasteiger partial charge < -0.3 is 10.1 Å². The lowest BCUT2D eigenvalue weighted by atomic mass is 10.2. The topological polar surface area (TPSA) is 64.4 Å². The highest BCUT2D eigenvalue weighted by molar-refractivity contribution is 9.10. The van der Waals surface area contributed by atoms with Gasteiger partial charge in [0.05, 0.1) is 22.1 Å². The first-order valence-corrected chi connectivity index (χ1v) is 6.15. The van der Waals surface area contributed by atoms with Gasteiger partial charge in [0.1, 0.15) is 5.82 Å². The van der Waals surface area contributed by atoms with Crippen molar-refractivity contribution >= 4 is 21.6 Å². The Kier molecular flexibility index (Phi) is 5.49. The van der Waals surface area contributed by atoms with E-state index in [0.29, 0.717) is 6.61 Å². The van der Waals surface area contributed by atoms with Gasteiger partial charge in [-0.1, -0.05) is 6.92 Å². The summed E-state index contributed by atoms with van der Waals surface area (Å²) in [6.45, 7) is 2.98. The van der Waals surface area contributed by atoms with Crippen molar-refractivity contribution in [1.29, 1.82) is 0 Å². The van der Waals surface area contributed by atoms with E-state index in [9.17, 15) is 14.5 Å². The Morgan fingerprint density at radius 2 is 2.28 bits per heavy atom. The van der Waals surface area contributed by atoms with Gasteiger partial charge in [-0.25, -0.2) is 4.39 Å². The first kappa shape index (κ1) is 14.8. The van der Waals surface area contributed by atoms with E-state index in [4.69, 9.17) is 4.74 Å². The third-order valence-electron chi connectivity index (χ3n) is 2.25. The number of benzene rings is 1. The minimum Gasteiger partial charge on any atom is -0.486 e. The number of nitrogens with one attached hydrogen (secondary N) is 1. The summed E-state index contributed by atoms with van der Waals surface area (Å²) in [7, 11) is 1.81. The maximum absolute atomic E-state index is 13.1. The van der Waals surface area contributed by atoms with Gasteiger partial charge in [0.25, 0.3) is 0 Å². The molecular weight excluding hydrogens is 307 g/mol. The Morgan fingerprint density at radius 3 is 2.83 bits per heavy atom. The summed E-state index contributed by atoms with van der Waals surface area (Å²) >= 11 is 3.07. The molecule has 18 heavy (non-hydrogen) atoms. The van der Waals surface area contributed by atoms with Gasteiger partial charge in [-0.3, -0.25) is 10.1 Å². The van der Waals surface area contributed by atoms with Crippen molar-refractivity contribution in [2.75, 3.05) is 20.2 Å². The molecule has 100 valence electrons. The van der Waals surface area contributed by atoms with E-state index in [1.54, 1.807) is 0 Å². The lowest BCUT2D eigenvalue weighted by Gasteiger charge is -2.13. The zero-order valence-electron chi connectivity index (χ0n) is 10.1. The first-order chi connectivity index (χ1) is 8.45. The van der Waals surface area contributed by atoms with E-state index in [-0.39, 0.29) is 21.8 Å². The standard InChI is InChI=1S/C11H14BrFN2O3/c1-7(5-14-2)6-18-11-9(12)3-8(13)4-10(11)15(16)17/h3-4,7,14H,5-6H2,1-2H3. The third-order valence-corrected chi connectivity index (χ3v) is 2.84. The summed E-state index contributed by atoms with van der Waals surface area (Å²) in [5.74, 6) is -0.430. The zero-order chi connectivity index (χ0) is 13.7. The number of hydrogen-bond acceptors (Lipinski definition) is 4. The molecule has 1 unspecified atom stereocenters. The Balaban J connectivity index is 2.90. The number of nitro benzene ring substituents is 1. The van der Waals surface area contributed by atoms with Crippen LogP contribution in [-0.2, 0) is 0 Å². The summed E-state index contributed by atoms with van der Waals surface area (Å²) in [5, 5.41) is 13.8. The Labute approximate surface area is 113 Å². The highest BCUT2D eigenvalue weighted by atomic mass is 79.9. The highest BCUT2D eigenvalue weighted by Crippen LogP contribution is 2.36. The number of nitrogens with zero attached hydrogens (tertiary/aromatic N) is 1. The van der Waals surface area contributed by atoms with E-state index in [0.717, 1.165) is 18.7 Å². The molecule has 0 saturated heterocycles. The summed E-state index contributed by atoms with van der Waals surface area (Å²) in [6.07, 6.45) is 0. The SMILES string of the molecule is CNCC(C)COc1c(Br)cc(F)cc1[N+](=O)[O-]. The van der Waals surface area contributed by atoms with Gasteiger partial charge in [0.2, 0.25) is 5.75 Å². The Bertz CT molecular complexity index is 443. The maximum Gasteiger partial charge on any atom is 0.315 e. The molecule has 0 aliphatic carbocycles. The Hall–Kier alpha value is -1.21. The van der Waals surface area contributed by atoms with Gasteiger partial charge in [0.15, 0.2) is 0 Å². The fraction of sp³-hybridized carbons (Fsp3) is 0.455. The van der Waals surface area contributed by atoms with Crippen molar-refractivity contribution in [1.82, 2.24) is 5.32 Å². The van der Waals surface area contributed by atoms with Crippen molar-refractivity contribution in [3.63, 3.8) is 0 Å². The molecule has 0 saturated carbocycles. The van der Waals surface area contributed by atoms with Crippen LogP contribution in [0.4, 0.5) is 10.1 Å². The summed E-state index contributed by atoms with van der Waals surface area (Å²) in [5.41, 5.74) is -0.376. The number of ether oxygens (including phenoxy) is 1. The average Bonchev–Trinajstić information content (AvgIpc) is 2.27. The van der Waals surface area contributed by atoms with Gasteiger partial charge in [-0.2, -0.15) is 0 Å². The van der Waals surface area contributed by atoms with Crippen LogP contribution in [0.15, 0.2) is 16.6 Å². The molecular formula is C11H14BrFN2O3. The van der Waals surface area contributed by atoms with E-state index in [1.807, 2.05) is 14.0 Å². The van der Waals surface area contributed by atoms with Crippen LogP contribution in [0.1, 0.15) is 6.92 Å². The van der Waals surface area contributed by atoms with Crippen LogP contribution in [0.5, 0.6) is 5.75 Å². The average molecular weight is 321 g/mol. The molecule has 1 atom stereocenters. The molecule has 7 heteroatoms. The molecule has 0 aliphatic rings. The molecule has 0 radical (unpaired) electrons. The van der Waals surface area contributed by atoms with Gasteiger partial charge in [0, 0.05) is 12.5 Å². The second kappa shape index (κ2) is 6.65. The predicted molar refractivity (Wildman–Crippen MR) is 69.3 cm³/mol. The largest absolute Gasteiger partial charge is 0.486 e. The van der Waals surface area contributed by atoms with Crippen molar-refractivity contribution in [2.45, 2.75) is 6.92 Å². The lowest BCUT2D eigenvalue weighted by molar-refractivity contribution is -0.386. The second-order valence-electron chi connectivity index (χ2n) is 3.97. The van der Waals surface area contributed by atoms with E-state index in [1.165, 1.54) is 0 Å². The molecule has 0 aliphatic heterocycles. The van der Waals surface area contributed by atoms with Crippen molar-refractivity contribution in [2.24, 2.45) is 5.92 Å². The molecule has 5 nitrogen and oxygen atoms in total. The normalized spacial score (nSPS) is 12.2. The molecule has 0 bridgehead atoms. The van der Waals surface area contributed by atoms with Crippen LogP contribution in [0.2, 0.25) is 0 Å². The number of nitro groups is 1. The van der Waals surface area contributed by atoms with Crippen LogP contribution < -0.4 is 10.1 Å². The van der Waals surface area contributed by atoms with Gasteiger partial charge >= 0.3 is 5.69 Å². The van der Waals surface area contributed by atoms with E-state index >= 15 is 0 Å².